The van der Waals surface area contributed by atoms with Crippen molar-refractivity contribution >= 4 is 11.8 Å². The van der Waals surface area contributed by atoms with E-state index in [0.717, 1.165) is 25.4 Å². The van der Waals surface area contributed by atoms with Gasteiger partial charge in [-0.25, -0.2) is 0 Å². The zero-order valence-electron chi connectivity index (χ0n) is 9.67. The summed E-state index contributed by atoms with van der Waals surface area (Å²) in [4.78, 5) is 3.62. The minimum Gasteiger partial charge on any atom is -0.391 e. The van der Waals surface area contributed by atoms with E-state index >= 15 is 0 Å². The minimum absolute atomic E-state index is 0.142. The second kappa shape index (κ2) is 5.71. The van der Waals surface area contributed by atoms with Gasteiger partial charge in [-0.1, -0.05) is 25.1 Å². The first-order valence-corrected chi connectivity index (χ1v) is 6.86. The number of aliphatic hydroxyl groups excluding tert-OH is 1. The molecule has 1 heterocycles. The predicted molar refractivity (Wildman–Crippen MR) is 68.8 cm³/mol. The van der Waals surface area contributed by atoms with E-state index < -0.39 is 0 Å². The molecule has 1 N–H and O–H groups in total. The molecule has 1 aliphatic rings. The molecular weight excluding hydrogens is 218 g/mol. The fourth-order valence-corrected chi connectivity index (χ4v) is 3.17. The highest BCUT2D eigenvalue weighted by molar-refractivity contribution is 7.99. The Labute approximate surface area is 102 Å². The van der Waals surface area contributed by atoms with Gasteiger partial charge in [0.15, 0.2) is 0 Å². The van der Waals surface area contributed by atoms with E-state index in [9.17, 15) is 5.11 Å². The van der Waals surface area contributed by atoms with E-state index in [1.807, 2.05) is 17.8 Å². The molecule has 16 heavy (non-hydrogen) atoms. The van der Waals surface area contributed by atoms with Crippen molar-refractivity contribution in [1.82, 2.24) is 4.90 Å². The molecular formula is C13H19NOS. The van der Waals surface area contributed by atoms with Crippen LogP contribution in [0.5, 0.6) is 0 Å². The third-order valence-electron chi connectivity index (χ3n) is 3.14. The van der Waals surface area contributed by atoms with Crippen LogP contribution >= 0.6 is 11.8 Å². The molecule has 1 aromatic carbocycles. The predicted octanol–water partition coefficient (Wildman–Crippen LogP) is 2.09. The lowest BCUT2D eigenvalue weighted by molar-refractivity contribution is 0.150. The molecule has 2 rings (SSSR count). The Morgan fingerprint density at radius 1 is 1.31 bits per heavy atom. The number of hydrogen-bond acceptors (Lipinski definition) is 3. The van der Waals surface area contributed by atoms with Crippen molar-refractivity contribution in [2.45, 2.75) is 17.9 Å². The summed E-state index contributed by atoms with van der Waals surface area (Å²) in [5.41, 5.74) is 0. The van der Waals surface area contributed by atoms with Crippen molar-refractivity contribution in [2.75, 3.05) is 25.4 Å². The highest BCUT2D eigenvalue weighted by Crippen LogP contribution is 2.25. The molecule has 88 valence electrons. The average Bonchev–Trinajstić information content (AvgIpc) is 2.69. The van der Waals surface area contributed by atoms with Gasteiger partial charge < -0.3 is 10.0 Å². The average molecular weight is 237 g/mol. The van der Waals surface area contributed by atoms with Gasteiger partial charge in [0.05, 0.1) is 6.10 Å². The van der Waals surface area contributed by atoms with Gasteiger partial charge in [-0.15, -0.1) is 11.8 Å². The summed E-state index contributed by atoms with van der Waals surface area (Å²) in [6.07, 6.45) is -0.142. The van der Waals surface area contributed by atoms with Crippen LogP contribution in [0.4, 0.5) is 0 Å². The van der Waals surface area contributed by atoms with Crippen LogP contribution in [0.15, 0.2) is 35.2 Å². The fraction of sp³-hybridized carbons (Fsp3) is 0.538. The Morgan fingerprint density at radius 3 is 2.69 bits per heavy atom. The van der Waals surface area contributed by atoms with Crippen LogP contribution in [0, 0.1) is 5.92 Å². The van der Waals surface area contributed by atoms with Gasteiger partial charge in [0.25, 0.3) is 0 Å². The summed E-state index contributed by atoms with van der Waals surface area (Å²) in [7, 11) is 0. The number of likely N-dealkylation sites (tertiary alicyclic amines) is 1. The molecule has 0 bridgehead atoms. The number of hydrogen-bond donors (Lipinski definition) is 1. The first kappa shape index (κ1) is 12.0. The molecule has 3 heteroatoms. The Morgan fingerprint density at radius 2 is 2.06 bits per heavy atom. The molecule has 0 saturated carbocycles. The molecule has 1 fully saturated rings. The Kier molecular flexibility index (Phi) is 4.27. The van der Waals surface area contributed by atoms with Crippen molar-refractivity contribution in [1.29, 1.82) is 0 Å². The number of aliphatic hydroxyl groups is 1. The van der Waals surface area contributed by atoms with Gasteiger partial charge in [0.2, 0.25) is 0 Å². The summed E-state index contributed by atoms with van der Waals surface area (Å²) in [6, 6.07) is 10.4. The Balaban J connectivity index is 1.82. The molecule has 0 spiro atoms. The second-order valence-corrected chi connectivity index (χ2v) is 5.40. The third-order valence-corrected chi connectivity index (χ3v) is 4.34. The third kappa shape index (κ3) is 3.00. The van der Waals surface area contributed by atoms with Crippen LogP contribution in [0.2, 0.25) is 0 Å². The lowest BCUT2D eigenvalue weighted by atomic mass is 10.1. The van der Waals surface area contributed by atoms with Gasteiger partial charge in [-0.3, -0.25) is 0 Å². The molecule has 1 aliphatic heterocycles. The maximum absolute atomic E-state index is 9.91. The molecule has 0 amide bonds. The van der Waals surface area contributed by atoms with Crippen LogP contribution in [0.3, 0.4) is 0 Å². The highest BCUT2D eigenvalue weighted by atomic mass is 32.2. The molecule has 2 atom stereocenters. The van der Waals surface area contributed by atoms with Gasteiger partial charge in [0.1, 0.15) is 0 Å². The quantitative estimate of drug-likeness (QED) is 0.811. The molecule has 1 saturated heterocycles. The van der Waals surface area contributed by atoms with E-state index in [4.69, 9.17) is 0 Å². The van der Waals surface area contributed by atoms with E-state index in [1.165, 1.54) is 4.90 Å². The molecule has 2 nitrogen and oxygen atoms in total. The first-order chi connectivity index (χ1) is 7.79. The number of β-amino-alcohol motifs (C(OH)–C–C–N with tert-alkyl or cyclic N) is 1. The van der Waals surface area contributed by atoms with Crippen molar-refractivity contribution in [3.8, 4) is 0 Å². The van der Waals surface area contributed by atoms with E-state index in [1.54, 1.807) is 0 Å². The van der Waals surface area contributed by atoms with E-state index in [2.05, 4.69) is 36.1 Å². The molecule has 0 aromatic heterocycles. The normalized spacial score (nSPS) is 26.1. The summed E-state index contributed by atoms with van der Waals surface area (Å²) in [5.74, 6) is 1.44. The number of likely N-dealkylation sites (N-methyl/N-ethyl adjacent to an activating group) is 1. The number of rotatable bonds is 4. The van der Waals surface area contributed by atoms with Crippen molar-refractivity contribution in [2.24, 2.45) is 5.92 Å². The van der Waals surface area contributed by atoms with Gasteiger partial charge in [-0.2, -0.15) is 0 Å². The summed E-state index contributed by atoms with van der Waals surface area (Å²) >= 11 is 1.85. The molecule has 0 unspecified atom stereocenters. The smallest absolute Gasteiger partial charge is 0.0715 e. The highest BCUT2D eigenvalue weighted by Gasteiger charge is 2.29. The van der Waals surface area contributed by atoms with E-state index in [-0.39, 0.29) is 6.10 Å². The van der Waals surface area contributed by atoms with Crippen LogP contribution in [-0.2, 0) is 0 Å². The van der Waals surface area contributed by atoms with Crippen LogP contribution < -0.4 is 0 Å². The number of benzene rings is 1. The standard InChI is InChI=1S/C13H19NOS/c1-2-14-8-11(13(15)9-14)10-16-12-6-4-3-5-7-12/h3-7,11,13,15H,2,8-10H2,1H3/t11-,13+/m0/s1. The van der Waals surface area contributed by atoms with Crippen molar-refractivity contribution in [3.05, 3.63) is 30.3 Å². The van der Waals surface area contributed by atoms with Crippen LogP contribution in [0.1, 0.15) is 6.92 Å². The monoisotopic (exact) mass is 237 g/mol. The van der Waals surface area contributed by atoms with Crippen LogP contribution in [-0.4, -0.2) is 41.5 Å². The maximum atomic E-state index is 9.91. The topological polar surface area (TPSA) is 23.5 Å². The summed E-state index contributed by atoms with van der Waals surface area (Å²) in [5, 5.41) is 9.91. The minimum atomic E-state index is -0.142. The molecule has 0 radical (unpaired) electrons. The number of thioether (sulfide) groups is 1. The van der Waals surface area contributed by atoms with Crippen LogP contribution in [0.25, 0.3) is 0 Å². The lowest BCUT2D eigenvalue weighted by Gasteiger charge is -2.13. The SMILES string of the molecule is CCN1C[C@@H](CSc2ccccc2)[C@H](O)C1. The van der Waals surface area contributed by atoms with Gasteiger partial charge in [-0.05, 0) is 18.7 Å². The summed E-state index contributed by atoms with van der Waals surface area (Å²) < 4.78 is 0. The second-order valence-electron chi connectivity index (χ2n) is 4.30. The summed E-state index contributed by atoms with van der Waals surface area (Å²) in [6.45, 7) is 5.08. The van der Waals surface area contributed by atoms with Gasteiger partial charge in [0, 0.05) is 29.7 Å². The molecule has 0 aliphatic carbocycles. The largest absolute Gasteiger partial charge is 0.391 e. The molecule has 1 aromatic rings. The lowest BCUT2D eigenvalue weighted by Crippen LogP contribution is -2.21. The Bertz CT molecular complexity index is 317. The van der Waals surface area contributed by atoms with Gasteiger partial charge >= 0.3 is 0 Å². The Hall–Kier alpha value is -0.510. The van der Waals surface area contributed by atoms with Crippen molar-refractivity contribution < 1.29 is 5.11 Å². The maximum Gasteiger partial charge on any atom is 0.0715 e. The number of nitrogens with zero attached hydrogens (tertiary/aromatic N) is 1. The van der Waals surface area contributed by atoms with Crippen molar-refractivity contribution in [3.63, 3.8) is 0 Å². The zero-order chi connectivity index (χ0) is 11.4. The first-order valence-electron chi connectivity index (χ1n) is 5.88. The van der Waals surface area contributed by atoms with E-state index in [0.29, 0.717) is 5.92 Å². The fourth-order valence-electron chi connectivity index (χ4n) is 2.08. The zero-order valence-corrected chi connectivity index (χ0v) is 10.5.